The van der Waals surface area contributed by atoms with Crippen LogP contribution < -0.4 is 5.32 Å². The maximum absolute atomic E-state index is 3.65. The highest BCUT2D eigenvalue weighted by molar-refractivity contribution is 7.99. The molecule has 1 heterocycles. The lowest BCUT2D eigenvalue weighted by atomic mass is 10.2. The van der Waals surface area contributed by atoms with E-state index in [1.807, 2.05) is 11.3 Å². The number of hydrogen-bond donors (Lipinski definition) is 1. The van der Waals surface area contributed by atoms with Crippen LogP contribution in [0.5, 0.6) is 0 Å². The van der Waals surface area contributed by atoms with Crippen molar-refractivity contribution in [1.29, 1.82) is 0 Å². The van der Waals surface area contributed by atoms with Crippen molar-refractivity contribution in [2.45, 2.75) is 39.7 Å². The molecule has 0 aromatic carbocycles. The fourth-order valence-electron chi connectivity index (χ4n) is 1.55. The number of nitrogens with one attached hydrogen (secondary N) is 1. The van der Waals surface area contributed by atoms with Gasteiger partial charge in [0.05, 0.1) is 6.04 Å². The first-order valence-electron chi connectivity index (χ1n) is 6.15. The minimum atomic E-state index is 0.551. The van der Waals surface area contributed by atoms with Crippen LogP contribution in [0.4, 0.5) is 0 Å². The first-order chi connectivity index (χ1) is 7.77. The molecule has 0 aliphatic carbocycles. The lowest BCUT2D eigenvalue weighted by Gasteiger charge is -2.16. The molecule has 0 fully saturated rings. The monoisotopic (exact) mass is 257 g/mol. The fourth-order valence-corrected chi connectivity index (χ4v) is 3.59. The molecule has 16 heavy (non-hydrogen) atoms. The van der Waals surface area contributed by atoms with Crippen molar-refractivity contribution in [3.63, 3.8) is 0 Å². The van der Waals surface area contributed by atoms with E-state index in [2.05, 4.69) is 50.0 Å². The molecule has 0 saturated heterocycles. The van der Waals surface area contributed by atoms with Crippen molar-refractivity contribution in [2.24, 2.45) is 0 Å². The van der Waals surface area contributed by atoms with E-state index in [0.29, 0.717) is 6.04 Å². The third-order valence-electron chi connectivity index (χ3n) is 2.38. The van der Waals surface area contributed by atoms with Gasteiger partial charge >= 0.3 is 0 Å². The van der Waals surface area contributed by atoms with Gasteiger partial charge in [-0.25, -0.2) is 0 Å². The van der Waals surface area contributed by atoms with Crippen LogP contribution >= 0.6 is 23.1 Å². The Bertz CT molecular complexity index is 283. The third-order valence-corrected chi connectivity index (χ3v) is 4.76. The highest BCUT2D eigenvalue weighted by atomic mass is 32.2. The molecule has 0 amide bonds. The van der Waals surface area contributed by atoms with E-state index in [4.69, 9.17) is 0 Å². The molecule has 1 atom stereocenters. The standard InChI is InChI=1S/C13H23NS2/c1-4-8-14-12(10-15-9-5-2)13-7-6-11(3)16-13/h6-7,12,14H,4-5,8-10H2,1-3H3. The van der Waals surface area contributed by atoms with Gasteiger partial charge < -0.3 is 5.32 Å². The normalized spacial score (nSPS) is 12.9. The summed E-state index contributed by atoms with van der Waals surface area (Å²) in [5.41, 5.74) is 0. The van der Waals surface area contributed by atoms with E-state index in [9.17, 15) is 0 Å². The van der Waals surface area contributed by atoms with Crippen LogP contribution in [0.2, 0.25) is 0 Å². The summed E-state index contributed by atoms with van der Waals surface area (Å²) in [7, 11) is 0. The fraction of sp³-hybridized carbons (Fsp3) is 0.692. The van der Waals surface area contributed by atoms with Crippen LogP contribution in [-0.4, -0.2) is 18.1 Å². The van der Waals surface area contributed by atoms with Gasteiger partial charge in [0.25, 0.3) is 0 Å². The molecule has 92 valence electrons. The summed E-state index contributed by atoms with van der Waals surface area (Å²) < 4.78 is 0. The van der Waals surface area contributed by atoms with E-state index in [1.165, 1.54) is 34.1 Å². The molecule has 1 N–H and O–H groups in total. The molecule has 1 unspecified atom stereocenters. The van der Waals surface area contributed by atoms with E-state index in [1.54, 1.807) is 0 Å². The summed E-state index contributed by atoms with van der Waals surface area (Å²) in [5, 5.41) is 3.65. The van der Waals surface area contributed by atoms with Crippen molar-refractivity contribution < 1.29 is 0 Å². The van der Waals surface area contributed by atoms with Crippen LogP contribution in [0.25, 0.3) is 0 Å². The Morgan fingerprint density at radius 1 is 1.31 bits per heavy atom. The summed E-state index contributed by atoms with van der Waals surface area (Å²) in [6.45, 7) is 7.78. The average molecular weight is 257 g/mol. The SMILES string of the molecule is CCCNC(CSCCC)c1ccc(C)s1. The zero-order valence-corrected chi connectivity index (χ0v) is 12.2. The molecule has 0 radical (unpaired) electrons. The molecule has 0 spiro atoms. The van der Waals surface area contributed by atoms with Gasteiger partial charge in [0.15, 0.2) is 0 Å². The lowest BCUT2D eigenvalue weighted by molar-refractivity contribution is 0.585. The number of thiophene rings is 1. The maximum atomic E-state index is 3.65. The van der Waals surface area contributed by atoms with Gasteiger partial charge in [0.2, 0.25) is 0 Å². The first kappa shape index (κ1) is 14.1. The Morgan fingerprint density at radius 3 is 2.69 bits per heavy atom. The average Bonchev–Trinajstić information content (AvgIpc) is 2.70. The highest BCUT2D eigenvalue weighted by Crippen LogP contribution is 2.25. The summed E-state index contributed by atoms with van der Waals surface area (Å²) in [5.74, 6) is 2.47. The maximum Gasteiger partial charge on any atom is 0.0506 e. The van der Waals surface area contributed by atoms with Crippen LogP contribution in [-0.2, 0) is 0 Å². The predicted octanol–water partition coefficient (Wildman–Crippen LogP) is 4.24. The van der Waals surface area contributed by atoms with Gasteiger partial charge in [-0.3, -0.25) is 0 Å². The Kier molecular flexibility index (Phi) is 7.17. The van der Waals surface area contributed by atoms with Gasteiger partial charge in [0, 0.05) is 15.5 Å². The molecular weight excluding hydrogens is 234 g/mol. The van der Waals surface area contributed by atoms with Crippen molar-refractivity contribution in [3.8, 4) is 0 Å². The molecule has 3 heteroatoms. The van der Waals surface area contributed by atoms with Crippen LogP contribution in [0.1, 0.15) is 42.5 Å². The van der Waals surface area contributed by atoms with Crippen LogP contribution in [0.3, 0.4) is 0 Å². The summed E-state index contributed by atoms with van der Waals surface area (Å²) in [6.07, 6.45) is 2.48. The van der Waals surface area contributed by atoms with Gasteiger partial charge in [-0.2, -0.15) is 11.8 Å². The second-order valence-corrected chi connectivity index (χ2v) is 6.50. The van der Waals surface area contributed by atoms with Crippen LogP contribution in [0.15, 0.2) is 12.1 Å². The topological polar surface area (TPSA) is 12.0 Å². The molecule has 1 aromatic heterocycles. The molecule has 0 aliphatic rings. The molecule has 0 aliphatic heterocycles. The molecule has 0 bridgehead atoms. The molecule has 1 nitrogen and oxygen atoms in total. The summed E-state index contributed by atoms with van der Waals surface area (Å²) in [4.78, 5) is 2.91. The number of hydrogen-bond acceptors (Lipinski definition) is 3. The second kappa shape index (κ2) is 8.15. The van der Waals surface area contributed by atoms with E-state index in [-0.39, 0.29) is 0 Å². The summed E-state index contributed by atoms with van der Waals surface area (Å²) >= 11 is 3.99. The largest absolute Gasteiger partial charge is 0.309 e. The van der Waals surface area contributed by atoms with Gasteiger partial charge in [0.1, 0.15) is 0 Å². The Labute approximate surface area is 108 Å². The van der Waals surface area contributed by atoms with Gasteiger partial charge in [-0.05, 0) is 44.2 Å². The van der Waals surface area contributed by atoms with E-state index < -0.39 is 0 Å². The van der Waals surface area contributed by atoms with Gasteiger partial charge in [-0.15, -0.1) is 11.3 Å². The lowest BCUT2D eigenvalue weighted by Crippen LogP contribution is -2.23. The van der Waals surface area contributed by atoms with Crippen molar-refractivity contribution in [1.82, 2.24) is 5.32 Å². The first-order valence-corrected chi connectivity index (χ1v) is 8.12. The Hall–Kier alpha value is 0.01000. The summed E-state index contributed by atoms with van der Waals surface area (Å²) in [6, 6.07) is 5.06. The van der Waals surface area contributed by atoms with E-state index >= 15 is 0 Å². The molecular formula is C13H23NS2. The smallest absolute Gasteiger partial charge is 0.0506 e. The van der Waals surface area contributed by atoms with Crippen molar-refractivity contribution in [3.05, 3.63) is 21.9 Å². The van der Waals surface area contributed by atoms with E-state index in [0.717, 1.165) is 6.54 Å². The Balaban J connectivity index is 2.49. The van der Waals surface area contributed by atoms with Crippen molar-refractivity contribution >= 4 is 23.1 Å². The zero-order valence-electron chi connectivity index (χ0n) is 10.6. The van der Waals surface area contributed by atoms with Crippen LogP contribution in [0, 0.1) is 6.92 Å². The minimum Gasteiger partial charge on any atom is -0.309 e. The highest BCUT2D eigenvalue weighted by Gasteiger charge is 2.12. The number of aryl methyl sites for hydroxylation is 1. The predicted molar refractivity (Wildman–Crippen MR) is 77.7 cm³/mol. The Morgan fingerprint density at radius 2 is 2.12 bits per heavy atom. The van der Waals surface area contributed by atoms with Gasteiger partial charge in [-0.1, -0.05) is 13.8 Å². The number of rotatable bonds is 8. The third kappa shape index (κ3) is 4.89. The van der Waals surface area contributed by atoms with Crippen molar-refractivity contribution in [2.75, 3.05) is 18.1 Å². The second-order valence-electron chi connectivity index (χ2n) is 4.03. The zero-order chi connectivity index (χ0) is 11.8. The molecule has 1 rings (SSSR count). The minimum absolute atomic E-state index is 0.551. The molecule has 0 saturated carbocycles. The number of thioether (sulfide) groups is 1. The quantitative estimate of drug-likeness (QED) is 0.699. The molecule has 1 aromatic rings.